The molecular weight excluding hydrogens is 308 g/mol. The molecule has 0 aliphatic carbocycles. The summed E-state index contributed by atoms with van der Waals surface area (Å²) in [6.45, 7) is 0.431. The molecule has 0 aliphatic heterocycles. The maximum absolute atomic E-state index is 12.4. The molecule has 3 aromatic heterocycles. The van der Waals surface area contributed by atoms with Crippen LogP contribution in [0.15, 0.2) is 53.8 Å². The fraction of sp³-hybridized carbons (Fsp3) is 0.250. The van der Waals surface area contributed by atoms with Crippen molar-refractivity contribution in [1.29, 1.82) is 0 Å². The maximum Gasteiger partial charge on any atom is 0.251 e. The molecule has 0 saturated carbocycles. The van der Waals surface area contributed by atoms with Crippen molar-refractivity contribution >= 4 is 5.91 Å². The van der Waals surface area contributed by atoms with E-state index in [1.165, 1.54) is 17.3 Å². The predicted molar refractivity (Wildman–Crippen MR) is 86.6 cm³/mol. The second-order valence-corrected chi connectivity index (χ2v) is 5.45. The van der Waals surface area contributed by atoms with E-state index < -0.39 is 0 Å². The number of rotatable bonds is 6. The molecule has 3 heterocycles. The summed E-state index contributed by atoms with van der Waals surface area (Å²) in [5.74, 6) is 1.16. The lowest BCUT2D eigenvalue weighted by atomic mass is 10.2. The number of pyridine rings is 1. The van der Waals surface area contributed by atoms with E-state index in [4.69, 9.17) is 4.42 Å². The van der Waals surface area contributed by atoms with Gasteiger partial charge in [-0.1, -0.05) is 0 Å². The Morgan fingerprint density at radius 1 is 1.42 bits per heavy atom. The molecule has 0 spiro atoms. The summed E-state index contributed by atoms with van der Waals surface area (Å²) in [7, 11) is 3.88. The molecule has 1 N–H and O–H groups in total. The monoisotopic (exact) mass is 326 g/mol. The number of hydrogen-bond donors (Lipinski definition) is 1. The summed E-state index contributed by atoms with van der Waals surface area (Å²) >= 11 is 0. The number of likely N-dealkylation sites (N-methyl/N-ethyl adjacent to an activating group) is 1. The minimum atomic E-state index is -0.183. The van der Waals surface area contributed by atoms with Crippen LogP contribution < -0.4 is 5.32 Å². The largest absolute Gasteiger partial charge is 0.468 e. The Kier molecular flexibility index (Phi) is 4.66. The third-order valence-electron chi connectivity index (χ3n) is 3.61. The SMILES string of the molecule is CN(C)[C@H](CNC(=O)c1ccnc(-n2cncn2)c1)c1ccco1. The number of amides is 1. The lowest BCUT2D eigenvalue weighted by Crippen LogP contribution is -2.34. The summed E-state index contributed by atoms with van der Waals surface area (Å²) in [6.07, 6.45) is 6.14. The average Bonchev–Trinajstić information content (AvgIpc) is 3.28. The molecule has 3 rings (SSSR count). The molecule has 0 aromatic carbocycles. The predicted octanol–water partition coefficient (Wildman–Crippen LogP) is 1.29. The summed E-state index contributed by atoms with van der Waals surface area (Å²) < 4.78 is 6.94. The molecule has 0 unspecified atom stereocenters. The third-order valence-corrected chi connectivity index (χ3v) is 3.61. The highest BCUT2D eigenvalue weighted by Crippen LogP contribution is 2.17. The number of furan rings is 1. The van der Waals surface area contributed by atoms with Gasteiger partial charge in [0.15, 0.2) is 5.82 Å². The Hall–Kier alpha value is -3.00. The van der Waals surface area contributed by atoms with Gasteiger partial charge in [0, 0.05) is 18.3 Å². The minimum Gasteiger partial charge on any atom is -0.468 e. The average molecular weight is 326 g/mol. The Balaban J connectivity index is 1.70. The zero-order valence-electron chi connectivity index (χ0n) is 13.5. The van der Waals surface area contributed by atoms with E-state index >= 15 is 0 Å². The molecule has 1 atom stereocenters. The molecule has 0 fully saturated rings. The van der Waals surface area contributed by atoms with E-state index in [1.54, 1.807) is 24.6 Å². The first kappa shape index (κ1) is 15.9. The number of carbonyl (C=O) groups is 1. The van der Waals surface area contributed by atoms with Gasteiger partial charge < -0.3 is 9.73 Å². The number of aromatic nitrogens is 4. The molecule has 0 aliphatic rings. The van der Waals surface area contributed by atoms with Crippen molar-refractivity contribution in [3.05, 3.63) is 60.7 Å². The number of nitrogens with one attached hydrogen (secondary N) is 1. The van der Waals surface area contributed by atoms with Crippen LogP contribution in [0.2, 0.25) is 0 Å². The van der Waals surface area contributed by atoms with Gasteiger partial charge >= 0.3 is 0 Å². The molecule has 8 nitrogen and oxygen atoms in total. The van der Waals surface area contributed by atoms with Gasteiger partial charge in [-0.2, -0.15) is 5.10 Å². The smallest absolute Gasteiger partial charge is 0.251 e. The molecule has 0 radical (unpaired) electrons. The Bertz CT molecular complexity index is 783. The Labute approximate surface area is 139 Å². The van der Waals surface area contributed by atoms with Crippen molar-refractivity contribution in [2.24, 2.45) is 0 Å². The van der Waals surface area contributed by atoms with Crippen molar-refractivity contribution in [3.63, 3.8) is 0 Å². The summed E-state index contributed by atoms with van der Waals surface area (Å²) in [4.78, 5) is 22.5. The first-order valence-corrected chi connectivity index (χ1v) is 7.44. The first-order valence-electron chi connectivity index (χ1n) is 7.44. The molecule has 0 saturated heterocycles. The highest BCUT2D eigenvalue weighted by Gasteiger charge is 2.18. The van der Waals surface area contributed by atoms with Crippen LogP contribution in [-0.4, -0.2) is 51.2 Å². The topological polar surface area (TPSA) is 89.1 Å². The van der Waals surface area contributed by atoms with Crippen molar-refractivity contribution in [3.8, 4) is 5.82 Å². The Morgan fingerprint density at radius 2 is 2.29 bits per heavy atom. The van der Waals surface area contributed by atoms with Crippen LogP contribution >= 0.6 is 0 Å². The van der Waals surface area contributed by atoms with Crippen LogP contribution in [0.1, 0.15) is 22.2 Å². The van der Waals surface area contributed by atoms with Crippen LogP contribution in [-0.2, 0) is 0 Å². The van der Waals surface area contributed by atoms with Gasteiger partial charge in [0.05, 0.1) is 12.3 Å². The number of carbonyl (C=O) groups excluding carboxylic acids is 1. The van der Waals surface area contributed by atoms with Gasteiger partial charge in [-0.3, -0.25) is 9.69 Å². The zero-order valence-corrected chi connectivity index (χ0v) is 13.5. The van der Waals surface area contributed by atoms with Crippen molar-refractivity contribution < 1.29 is 9.21 Å². The van der Waals surface area contributed by atoms with Crippen LogP contribution in [0.4, 0.5) is 0 Å². The minimum absolute atomic E-state index is 0.0411. The molecule has 3 aromatic rings. The summed E-state index contributed by atoms with van der Waals surface area (Å²) in [6, 6.07) is 7.02. The Morgan fingerprint density at radius 3 is 2.96 bits per heavy atom. The molecule has 0 bridgehead atoms. The van der Waals surface area contributed by atoms with E-state index in [1.807, 2.05) is 31.1 Å². The molecule has 124 valence electrons. The summed E-state index contributed by atoms with van der Waals surface area (Å²) in [5.41, 5.74) is 0.507. The molecule has 1 amide bonds. The second kappa shape index (κ2) is 7.05. The third kappa shape index (κ3) is 3.49. The second-order valence-electron chi connectivity index (χ2n) is 5.45. The van der Waals surface area contributed by atoms with Crippen LogP contribution in [0.25, 0.3) is 5.82 Å². The lowest BCUT2D eigenvalue weighted by Gasteiger charge is -2.22. The maximum atomic E-state index is 12.4. The first-order chi connectivity index (χ1) is 11.6. The normalized spacial score (nSPS) is 12.3. The van der Waals surface area contributed by atoms with E-state index in [9.17, 15) is 4.79 Å². The van der Waals surface area contributed by atoms with Gasteiger partial charge in [-0.15, -0.1) is 0 Å². The molecular formula is C16H18N6O2. The van der Waals surface area contributed by atoms with E-state index in [-0.39, 0.29) is 11.9 Å². The quantitative estimate of drug-likeness (QED) is 0.734. The highest BCUT2D eigenvalue weighted by molar-refractivity contribution is 5.94. The van der Waals surface area contributed by atoms with Crippen LogP contribution in [0.3, 0.4) is 0 Å². The standard InChI is InChI=1S/C16H18N6O2/c1-21(2)13(14-4-3-7-24-14)9-19-16(23)12-5-6-18-15(8-12)22-11-17-10-20-22/h3-8,10-11,13H,9H2,1-2H3,(H,19,23)/t13-/m1/s1. The van der Waals surface area contributed by atoms with Gasteiger partial charge in [-0.05, 0) is 38.4 Å². The van der Waals surface area contributed by atoms with Crippen LogP contribution in [0.5, 0.6) is 0 Å². The van der Waals surface area contributed by atoms with Gasteiger partial charge in [-0.25, -0.2) is 14.6 Å². The van der Waals surface area contributed by atoms with Crippen LogP contribution in [0, 0.1) is 0 Å². The van der Waals surface area contributed by atoms with E-state index in [0.29, 0.717) is 17.9 Å². The van der Waals surface area contributed by atoms with Gasteiger partial charge in [0.1, 0.15) is 18.4 Å². The highest BCUT2D eigenvalue weighted by atomic mass is 16.3. The molecule has 8 heteroatoms. The van der Waals surface area contributed by atoms with E-state index in [0.717, 1.165) is 5.76 Å². The fourth-order valence-electron chi connectivity index (χ4n) is 2.32. The van der Waals surface area contributed by atoms with E-state index in [2.05, 4.69) is 20.4 Å². The number of hydrogen-bond acceptors (Lipinski definition) is 6. The van der Waals surface area contributed by atoms with Crippen molar-refractivity contribution in [2.45, 2.75) is 6.04 Å². The zero-order chi connectivity index (χ0) is 16.9. The fourth-order valence-corrected chi connectivity index (χ4v) is 2.32. The lowest BCUT2D eigenvalue weighted by molar-refractivity contribution is 0.0939. The van der Waals surface area contributed by atoms with Gasteiger partial charge in [0.25, 0.3) is 5.91 Å². The number of nitrogens with zero attached hydrogens (tertiary/aromatic N) is 5. The van der Waals surface area contributed by atoms with Crippen molar-refractivity contribution in [1.82, 2.24) is 30.0 Å². The summed E-state index contributed by atoms with van der Waals surface area (Å²) in [5, 5.41) is 6.94. The van der Waals surface area contributed by atoms with Gasteiger partial charge in [0.2, 0.25) is 0 Å². The molecule has 24 heavy (non-hydrogen) atoms. The van der Waals surface area contributed by atoms with Crippen molar-refractivity contribution in [2.75, 3.05) is 20.6 Å².